The van der Waals surface area contributed by atoms with Crippen LogP contribution in [0.25, 0.3) is 11.4 Å². The fourth-order valence-electron chi connectivity index (χ4n) is 4.73. The fraction of sp³-hybridized carbons (Fsp3) is 0.367. The molecule has 1 aliphatic heterocycles. The molecule has 0 aliphatic carbocycles. The molecule has 4 aromatic rings. The topological polar surface area (TPSA) is 115 Å². The monoisotopic (exact) mass is 748 g/mol. The van der Waals surface area contributed by atoms with Crippen molar-refractivity contribution in [1.29, 1.82) is 0 Å². The highest BCUT2D eigenvalue weighted by Gasteiger charge is 2.24. The van der Waals surface area contributed by atoms with Gasteiger partial charge in [-0.25, -0.2) is 18.5 Å². The van der Waals surface area contributed by atoms with Crippen molar-refractivity contribution in [1.82, 2.24) is 28.7 Å². The highest BCUT2D eigenvalue weighted by atomic mass is 35.5. The third-order valence-electron chi connectivity index (χ3n) is 6.97. The lowest BCUT2D eigenvalue weighted by molar-refractivity contribution is -0.142. The molecule has 0 saturated carbocycles. The van der Waals surface area contributed by atoms with E-state index < -0.39 is 29.4 Å². The lowest BCUT2D eigenvalue weighted by Gasteiger charge is -2.12. The molecule has 0 spiro atoms. The molecular weight excluding hydrogens is 723 g/mol. The molecule has 0 saturated heterocycles. The first-order valence-corrected chi connectivity index (χ1v) is 15.9. The van der Waals surface area contributed by atoms with Crippen molar-refractivity contribution in [2.24, 2.45) is 0 Å². The van der Waals surface area contributed by atoms with E-state index in [1.165, 1.54) is 17.7 Å². The van der Waals surface area contributed by atoms with Gasteiger partial charge in [-0.15, -0.1) is 28.2 Å². The minimum atomic E-state index is -3.12. The van der Waals surface area contributed by atoms with E-state index in [-0.39, 0.29) is 52.0 Å². The van der Waals surface area contributed by atoms with Gasteiger partial charge in [0.05, 0.1) is 22.3 Å². The number of hydrogen-bond acceptors (Lipinski definition) is 7. The van der Waals surface area contributed by atoms with Crippen LogP contribution in [-0.4, -0.2) is 53.3 Å². The molecule has 2 aromatic carbocycles. The number of hydrogen-bond donors (Lipinski definition) is 0. The van der Waals surface area contributed by atoms with E-state index in [0.29, 0.717) is 32.7 Å². The Kier molecular flexibility index (Phi) is 12.3. The van der Waals surface area contributed by atoms with Gasteiger partial charge in [0.25, 0.3) is 0 Å². The van der Waals surface area contributed by atoms with Crippen LogP contribution in [0.2, 0.25) is 15.1 Å². The number of nitrogens with zero attached hydrogens (tertiary/aromatic N) is 6. The number of ether oxygens (including phenoxy) is 2. The van der Waals surface area contributed by atoms with Crippen LogP contribution >= 0.6 is 46.4 Å². The Morgan fingerprint density at radius 3 is 2.35 bits per heavy atom. The zero-order valence-corrected chi connectivity index (χ0v) is 28.4. The minimum Gasteiger partial charge on any atom is -0.479 e. The number of carbonyl (C=O) groups is 1. The van der Waals surface area contributed by atoms with Crippen LogP contribution in [0.1, 0.15) is 43.5 Å². The lowest BCUT2D eigenvalue weighted by Crippen LogP contribution is -2.26. The van der Waals surface area contributed by atoms with Gasteiger partial charge in [0.15, 0.2) is 5.82 Å². The summed E-state index contributed by atoms with van der Waals surface area (Å²) in [5.74, 6) is 1.59. The second-order valence-corrected chi connectivity index (χ2v) is 11.9. The maximum Gasteiger partial charge on any atom is 0.355 e. The molecule has 0 radical (unpaired) electrons. The maximum atomic E-state index is 14.2. The SMILES string of the molecule is C#CCOc1cc(-n2nc3n(c2=O)CCCC3)c(Cl)cc1Cl.CCOC(=O)C(Cl)Cc1cc(-n2nc(C)n(C(F)F)c2=O)c(F)cc1Cl. The van der Waals surface area contributed by atoms with Crippen molar-refractivity contribution in [2.75, 3.05) is 13.2 Å². The van der Waals surface area contributed by atoms with Gasteiger partial charge in [0, 0.05) is 30.5 Å². The van der Waals surface area contributed by atoms with E-state index in [1.54, 1.807) is 17.6 Å². The first-order valence-electron chi connectivity index (χ1n) is 14.3. The van der Waals surface area contributed by atoms with Crippen LogP contribution in [0.3, 0.4) is 0 Å². The number of aromatic nitrogens is 6. The lowest BCUT2D eigenvalue weighted by atomic mass is 10.1. The summed E-state index contributed by atoms with van der Waals surface area (Å²) < 4.78 is 53.8. The summed E-state index contributed by atoms with van der Waals surface area (Å²) in [6.07, 6.45) is 7.86. The standard InChI is InChI=1S/C15H14Cl2F3N3O3.C15H13Cl2N3O2/c1-3-26-13(24)10(17)4-8-5-12(11(18)6-9(8)16)23-15(25)22(14(19)20)7(2)21-23;1-2-7-22-13-9-12(10(16)8-11(13)17)20-15(21)19-6-4-3-5-14(19)18-20/h5-6,10,14H,3-4H2,1-2H3;1,8-9H,3-7H2. The molecule has 48 heavy (non-hydrogen) atoms. The van der Waals surface area contributed by atoms with E-state index >= 15 is 0 Å². The molecule has 0 fully saturated rings. The van der Waals surface area contributed by atoms with E-state index in [1.807, 2.05) is 0 Å². The second-order valence-electron chi connectivity index (χ2n) is 10.2. The van der Waals surface area contributed by atoms with Crippen molar-refractivity contribution in [3.8, 4) is 29.5 Å². The average Bonchev–Trinajstić information content (AvgIpc) is 3.53. The number of benzene rings is 2. The van der Waals surface area contributed by atoms with Crippen LogP contribution in [-0.2, 0) is 28.9 Å². The zero-order chi connectivity index (χ0) is 35.3. The van der Waals surface area contributed by atoms with E-state index in [4.69, 9.17) is 62.3 Å². The highest BCUT2D eigenvalue weighted by Crippen LogP contribution is 2.33. The Hall–Kier alpha value is -3.90. The molecular formula is C30H27Cl4F3N6O5. The molecule has 2 aromatic heterocycles. The van der Waals surface area contributed by atoms with Gasteiger partial charge >= 0.3 is 23.9 Å². The second kappa shape index (κ2) is 16.0. The third kappa shape index (κ3) is 8.03. The van der Waals surface area contributed by atoms with Crippen LogP contribution in [0.4, 0.5) is 13.2 Å². The zero-order valence-electron chi connectivity index (χ0n) is 25.4. The minimum absolute atomic E-state index is 0.0424. The fourth-order valence-corrected chi connectivity index (χ4v) is 5.71. The quantitative estimate of drug-likeness (QED) is 0.118. The number of esters is 1. The molecule has 5 rings (SSSR count). The molecule has 1 aliphatic rings. The van der Waals surface area contributed by atoms with Crippen molar-refractivity contribution in [3.63, 3.8) is 0 Å². The molecule has 0 bridgehead atoms. The normalized spacial score (nSPS) is 12.9. The Morgan fingerprint density at radius 2 is 1.73 bits per heavy atom. The summed E-state index contributed by atoms with van der Waals surface area (Å²) >= 11 is 24.2. The molecule has 0 amide bonds. The average molecular weight is 750 g/mol. The van der Waals surface area contributed by atoms with E-state index in [0.717, 1.165) is 37.2 Å². The van der Waals surface area contributed by atoms with Crippen molar-refractivity contribution >= 4 is 52.4 Å². The van der Waals surface area contributed by atoms with Crippen LogP contribution in [0, 0.1) is 25.1 Å². The van der Waals surface area contributed by atoms with Crippen molar-refractivity contribution in [3.05, 3.63) is 83.3 Å². The molecule has 0 N–H and O–H groups in total. The van der Waals surface area contributed by atoms with Gasteiger partial charge in [0.2, 0.25) is 0 Å². The van der Waals surface area contributed by atoms with Crippen molar-refractivity contribution < 1.29 is 27.4 Å². The Balaban J connectivity index is 0.000000219. The Morgan fingerprint density at radius 1 is 1.02 bits per heavy atom. The van der Waals surface area contributed by atoms with E-state index in [2.05, 4.69) is 16.1 Å². The molecule has 256 valence electrons. The Bertz CT molecular complexity index is 1980. The van der Waals surface area contributed by atoms with Gasteiger partial charge in [-0.3, -0.25) is 9.36 Å². The molecule has 11 nitrogen and oxygen atoms in total. The number of fused-ring (bicyclic) bond motifs is 1. The summed E-state index contributed by atoms with van der Waals surface area (Å²) in [4.78, 5) is 36.2. The van der Waals surface area contributed by atoms with Crippen LogP contribution < -0.4 is 16.1 Å². The number of rotatable bonds is 9. The molecule has 18 heteroatoms. The van der Waals surface area contributed by atoms with Gasteiger partial charge in [-0.05, 0) is 50.5 Å². The highest BCUT2D eigenvalue weighted by molar-refractivity contribution is 6.36. The summed E-state index contributed by atoms with van der Waals surface area (Å²) in [5, 5.41) is 7.56. The smallest absolute Gasteiger partial charge is 0.355 e. The van der Waals surface area contributed by atoms with Crippen LogP contribution in [0.5, 0.6) is 5.75 Å². The van der Waals surface area contributed by atoms with Crippen molar-refractivity contribution in [2.45, 2.75) is 58.0 Å². The summed E-state index contributed by atoms with van der Waals surface area (Å²) in [6, 6.07) is 5.14. The summed E-state index contributed by atoms with van der Waals surface area (Å²) in [6.45, 7) is 0.564. The molecule has 1 atom stereocenters. The molecule has 3 heterocycles. The predicted octanol–water partition coefficient (Wildman–Crippen LogP) is 5.93. The number of aryl methyl sites for hydroxylation is 2. The van der Waals surface area contributed by atoms with Gasteiger partial charge in [-0.1, -0.05) is 40.7 Å². The first kappa shape index (κ1) is 36.9. The van der Waals surface area contributed by atoms with Gasteiger partial charge in [-0.2, -0.15) is 18.1 Å². The third-order valence-corrected chi connectivity index (χ3v) is 8.26. The number of carbonyl (C=O) groups excluding carboxylic acids is 1. The van der Waals surface area contributed by atoms with Crippen LogP contribution in [0.15, 0.2) is 33.9 Å². The summed E-state index contributed by atoms with van der Waals surface area (Å²) in [7, 11) is 0. The maximum absolute atomic E-state index is 14.2. The number of terminal acetylenes is 1. The Labute approximate surface area is 291 Å². The van der Waals surface area contributed by atoms with E-state index in [9.17, 15) is 27.6 Å². The largest absolute Gasteiger partial charge is 0.479 e. The summed E-state index contributed by atoms with van der Waals surface area (Å²) in [5.41, 5.74) is -1.14. The predicted molar refractivity (Wildman–Crippen MR) is 174 cm³/mol. The molecule has 1 unspecified atom stereocenters. The number of halogens is 7. The number of alkyl halides is 3. The van der Waals surface area contributed by atoms with Gasteiger partial charge < -0.3 is 9.47 Å². The van der Waals surface area contributed by atoms with Gasteiger partial charge in [0.1, 0.15) is 35.1 Å². The first-order chi connectivity index (χ1) is 22.8.